The zero-order valence-corrected chi connectivity index (χ0v) is 17.1. The molecule has 0 saturated heterocycles. The third-order valence-corrected chi connectivity index (χ3v) is 5.10. The molecule has 2 rings (SSSR count). The summed E-state index contributed by atoms with van der Waals surface area (Å²) in [6.07, 6.45) is 0.854. The number of nitrogens with one attached hydrogen (secondary N) is 3. The van der Waals surface area contributed by atoms with Gasteiger partial charge >= 0.3 is 0 Å². The number of aliphatic imine (C=N–C) groups is 1. The highest BCUT2D eigenvalue weighted by molar-refractivity contribution is 7.11. The van der Waals surface area contributed by atoms with Gasteiger partial charge in [-0.1, -0.05) is 6.07 Å². The third kappa shape index (κ3) is 6.56. The van der Waals surface area contributed by atoms with Crippen molar-refractivity contribution in [2.24, 2.45) is 4.99 Å². The molecule has 1 aromatic heterocycles. The third-order valence-electron chi connectivity index (χ3n) is 3.96. The number of amides is 1. The monoisotopic (exact) mass is 389 g/mol. The first kappa shape index (κ1) is 20.7. The van der Waals surface area contributed by atoms with Gasteiger partial charge in [0.25, 0.3) is 5.91 Å². The molecular weight excluding hydrogens is 362 g/mol. The molecule has 0 bridgehead atoms. The molecule has 0 aliphatic rings. The minimum atomic E-state index is -0.131. The van der Waals surface area contributed by atoms with E-state index in [-0.39, 0.29) is 5.91 Å². The highest BCUT2D eigenvalue weighted by atomic mass is 32.1. The van der Waals surface area contributed by atoms with Crippen molar-refractivity contribution in [1.82, 2.24) is 20.9 Å². The summed E-state index contributed by atoms with van der Waals surface area (Å²) in [7, 11) is 3.30. The minimum absolute atomic E-state index is 0.131. The molecule has 0 atom stereocenters. The van der Waals surface area contributed by atoms with Crippen molar-refractivity contribution in [2.75, 3.05) is 33.8 Å². The normalized spacial score (nSPS) is 11.2. The number of aromatic nitrogens is 1. The fraction of sp³-hybridized carbons (Fsp3) is 0.421. The second-order valence-electron chi connectivity index (χ2n) is 5.91. The quantitative estimate of drug-likeness (QED) is 0.365. The second kappa shape index (κ2) is 10.5. The highest BCUT2D eigenvalue weighted by Crippen LogP contribution is 2.16. The van der Waals surface area contributed by atoms with Crippen molar-refractivity contribution in [3.05, 3.63) is 45.4 Å². The largest absolute Gasteiger partial charge is 0.497 e. The summed E-state index contributed by atoms with van der Waals surface area (Å²) in [6, 6.07) is 7.07. The van der Waals surface area contributed by atoms with Crippen molar-refractivity contribution < 1.29 is 9.53 Å². The summed E-state index contributed by atoms with van der Waals surface area (Å²) in [5.41, 5.74) is 1.68. The molecule has 7 nitrogen and oxygen atoms in total. The molecule has 0 unspecified atom stereocenters. The van der Waals surface area contributed by atoms with E-state index < -0.39 is 0 Å². The lowest BCUT2D eigenvalue weighted by Crippen LogP contribution is -2.42. The van der Waals surface area contributed by atoms with Crippen LogP contribution < -0.4 is 20.7 Å². The number of aryl methyl sites for hydroxylation is 2. The second-order valence-corrected chi connectivity index (χ2v) is 7.20. The van der Waals surface area contributed by atoms with Crippen LogP contribution in [0, 0.1) is 13.8 Å². The SMILES string of the molecule is CN=C(NCCNC(=O)c1cccc(OC)c1)NCCc1nc(C)c(C)s1. The Morgan fingerprint density at radius 3 is 2.59 bits per heavy atom. The maximum atomic E-state index is 12.1. The number of benzene rings is 1. The van der Waals surface area contributed by atoms with Crippen molar-refractivity contribution in [2.45, 2.75) is 20.3 Å². The van der Waals surface area contributed by atoms with Crippen LogP contribution in [0.4, 0.5) is 0 Å². The summed E-state index contributed by atoms with van der Waals surface area (Å²) < 4.78 is 5.13. The maximum absolute atomic E-state index is 12.1. The summed E-state index contributed by atoms with van der Waals surface area (Å²) >= 11 is 1.73. The average molecular weight is 390 g/mol. The summed E-state index contributed by atoms with van der Waals surface area (Å²) in [6.45, 7) is 5.93. The predicted octanol–water partition coefficient (Wildman–Crippen LogP) is 1.91. The fourth-order valence-electron chi connectivity index (χ4n) is 2.38. The molecule has 1 heterocycles. The number of hydrogen-bond donors (Lipinski definition) is 3. The van der Waals surface area contributed by atoms with Gasteiger partial charge < -0.3 is 20.7 Å². The Morgan fingerprint density at radius 2 is 1.93 bits per heavy atom. The Bertz CT molecular complexity index is 769. The van der Waals surface area contributed by atoms with E-state index in [2.05, 4.69) is 32.9 Å². The molecule has 2 aromatic rings. The van der Waals surface area contributed by atoms with Crippen LogP contribution in [0.1, 0.15) is 25.9 Å². The number of carbonyl (C=O) groups excluding carboxylic acids is 1. The molecular formula is C19H27N5O2S. The molecule has 3 N–H and O–H groups in total. The van der Waals surface area contributed by atoms with Gasteiger partial charge in [0.1, 0.15) is 5.75 Å². The van der Waals surface area contributed by atoms with Crippen molar-refractivity contribution >= 4 is 23.2 Å². The number of guanidine groups is 1. The lowest BCUT2D eigenvalue weighted by Gasteiger charge is -2.12. The van der Waals surface area contributed by atoms with Gasteiger partial charge in [-0.3, -0.25) is 9.79 Å². The number of thiazole rings is 1. The van der Waals surface area contributed by atoms with Gasteiger partial charge in [-0.15, -0.1) is 11.3 Å². The highest BCUT2D eigenvalue weighted by Gasteiger charge is 2.06. The van der Waals surface area contributed by atoms with E-state index in [1.807, 2.05) is 13.0 Å². The van der Waals surface area contributed by atoms with Gasteiger partial charge in [-0.2, -0.15) is 0 Å². The topological polar surface area (TPSA) is 87.6 Å². The fourth-order valence-corrected chi connectivity index (χ4v) is 3.31. The van der Waals surface area contributed by atoms with E-state index in [1.54, 1.807) is 43.7 Å². The van der Waals surface area contributed by atoms with Crippen LogP contribution >= 0.6 is 11.3 Å². The van der Waals surface area contributed by atoms with Gasteiger partial charge in [0.05, 0.1) is 17.8 Å². The van der Waals surface area contributed by atoms with Gasteiger partial charge in [-0.25, -0.2) is 4.98 Å². The first-order chi connectivity index (χ1) is 13.0. The number of ether oxygens (including phenoxy) is 1. The maximum Gasteiger partial charge on any atom is 0.251 e. The van der Waals surface area contributed by atoms with E-state index in [0.29, 0.717) is 30.4 Å². The molecule has 0 fully saturated rings. The smallest absolute Gasteiger partial charge is 0.251 e. The number of hydrogen-bond acceptors (Lipinski definition) is 5. The van der Waals surface area contributed by atoms with Crippen molar-refractivity contribution in [3.63, 3.8) is 0 Å². The summed E-state index contributed by atoms with van der Waals surface area (Å²) in [4.78, 5) is 22.1. The Kier molecular flexibility index (Phi) is 8.06. The lowest BCUT2D eigenvalue weighted by molar-refractivity contribution is 0.0954. The summed E-state index contributed by atoms with van der Waals surface area (Å²) in [5.74, 6) is 1.24. The van der Waals surface area contributed by atoms with Gasteiger partial charge in [-0.05, 0) is 32.0 Å². The van der Waals surface area contributed by atoms with Gasteiger partial charge in [0.15, 0.2) is 5.96 Å². The molecule has 146 valence electrons. The van der Waals surface area contributed by atoms with Crippen LogP contribution in [0.25, 0.3) is 0 Å². The first-order valence-electron chi connectivity index (χ1n) is 8.83. The molecule has 0 radical (unpaired) electrons. The minimum Gasteiger partial charge on any atom is -0.497 e. The van der Waals surface area contributed by atoms with Crippen LogP contribution in [-0.2, 0) is 6.42 Å². The molecule has 0 aliphatic carbocycles. The van der Waals surface area contributed by atoms with Gasteiger partial charge in [0, 0.05) is 43.5 Å². The van der Waals surface area contributed by atoms with Crippen LogP contribution in [0.2, 0.25) is 0 Å². The number of methoxy groups -OCH3 is 1. The Labute approximate surface area is 164 Å². The van der Waals surface area contributed by atoms with Crippen molar-refractivity contribution in [3.8, 4) is 5.75 Å². The average Bonchev–Trinajstić information content (AvgIpc) is 3.00. The van der Waals surface area contributed by atoms with E-state index >= 15 is 0 Å². The van der Waals surface area contributed by atoms with Crippen LogP contribution in [0.5, 0.6) is 5.75 Å². The molecule has 0 spiro atoms. The number of carbonyl (C=O) groups is 1. The lowest BCUT2D eigenvalue weighted by atomic mass is 10.2. The molecule has 8 heteroatoms. The number of rotatable bonds is 8. The first-order valence-corrected chi connectivity index (χ1v) is 9.64. The number of nitrogens with zero attached hydrogens (tertiary/aromatic N) is 2. The Balaban J connectivity index is 1.67. The Morgan fingerprint density at radius 1 is 1.19 bits per heavy atom. The van der Waals surface area contributed by atoms with Crippen LogP contribution in [-0.4, -0.2) is 50.6 Å². The zero-order chi connectivity index (χ0) is 19.6. The molecule has 1 aromatic carbocycles. The molecule has 27 heavy (non-hydrogen) atoms. The zero-order valence-electron chi connectivity index (χ0n) is 16.3. The standard InChI is InChI=1S/C19H27N5O2S/c1-13-14(2)27-17(24-13)8-9-22-19(20-3)23-11-10-21-18(25)15-6-5-7-16(12-15)26-4/h5-7,12H,8-11H2,1-4H3,(H,21,25)(H2,20,22,23). The Hall–Kier alpha value is -2.61. The van der Waals surface area contributed by atoms with E-state index in [1.165, 1.54) is 4.88 Å². The van der Waals surface area contributed by atoms with Crippen LogP contribution in [0.3, 0.4) is 0 Å². The predicted molar refractivity (Wildman–Crippen MR) is 110 cm³/mol. The van der Waals surface area contributed by atoms with Crippen molar-refractivity contribution in [1.29, 1.82) is 0 Å². The van der Waals surface area contributed by atoms with E-state index in [0.717, 1.165) is 23.7 Å². The van der Waals surface area contributed by atoms with Gasteiger partial charge in [0.2, 0.25) is 0 Å². The van der Waals surface area contributed by atoms with E-state index in [9.17, 15) is 4.79 Å². The van der Waals surface area contributed by atoms with E-state index in [4.69, 9.17) is 4.74 Å². The molecule has 0 aliphatic heterocycles. The summed E-state index contributed by atoms with van der Waals surface area (Å²) in [5, 5.41) is 10.4. The molecule has 0 saturated carbocycles. The van der Waals surface area contributed by atoms with Crippen LogP contribution in [0.15, 0.2) is 29.3 Å². The molecule has 1 amide bonds.